The highest BCUT2D eigenvalue weighted by atomic mass is 79.9. The van der Waals surface area contributed by atoms with Gasteiger partial charge in [-0.05, 0) is 32.0 Å². The van der Waals surface area contributed by atoms with Crippen LogP contribution in [-0.2, 0) is 4.79 Å². The van der Waals surface area contributed by atoms with E-state index in [4.69, 9.17) is 0 Å². The molecular formula is C13H13BrN2OS2. The minimum Gasteiger partial charge on any atom is -0.325 e. The van der Waals surface area contributed by atoms with Crippen molar-refractivity contribution in [3.63, 3.8) is 0 Å². The predicted molar refractivity (Wildman–Crippen MR) is 84.9 cm³/mol. The molecule has 0 fully saturated rings. The number of amides is 1. The van der Waals surface area contributed by atoms with Gasteiger partial charge in [-0.15, -0.1) is 11.3 Å². The molecule has 0 unspecified atom stereocenters. The molecule has 1 amide bonds. The zero-order chi connectivity index (χ0) is 13.8. The second kappa shape index (κ2) is 6.54. The molecule has 0 saturated carbocycles. The summed E-state index contributed by atoms with van der Waals surface area (Å²) in [6, 6.07) is 7.56. The number of nitrogens with one attached hydrogen (secondary N) is 1. The highest BCUT2D eigenvalue weighted by Crippen LogP contribution is 2.27. The predicted octanol–water partition coefficient (Wildman–Crippen LogP) is 4.33. The number of anilines is 1. The van der Waals surface area contributed by atoms with Crippen molar-refractivity contribution in [3.8, 4) is 0 Å². The number of aryl methyl sites for hydroxylation is 1. The van der Waals surface area contributed by atoms with Crippen LogP contribution in [0, 0.1) is 6.92 Å². The molecule has 0 radical (unpaired) electrons. The normalized spacial score (nSPS) is 12.2. The van der Waals surface area contributed by atoms with E-state index in [9.17, 15) is 4.79 Å². The first-order valence-electron chi connectivity index (χ1n) is 5.70. The standard InChI is InChI=1S/C13H13BrN2OS2/c1-8-7-18-13(15-8)19-9(2)12(17)16-11-5-3-4-10(14)6-11/h3-7,9H,1-2H3,(H,16,17)/t9-/m1/s1. The maximum Gasteiger partial charge on any atom is 0.237 e. The minimum absolute atomic E-state index is 0.0176. The fourth-order valence-electron chi connectivity index (χ4n) is 1.40. The van der Waals surface area contributed by atoms with Crippen LogP contribution in [0.1, 0.15) is 12.6 Å². The molecule has 6 heteroatoms. The van der Waals surface area contributed by atoms with E-state index in [1.165, 1.54) is 11.8 Å². The Labute approximate surface area is 129 Å². The molecule has 2 rings (SSSR count). The van der Waals surface area contributed by atoms with Crippen molar-refractivity contribution in [2.45, 2.75) is 23.4 Å². The second-order valence-corrected chi connectivity index (χ2v) is 7.38. The third-order valence-electron chi connectivity index (χ3n) is 2.34. The highest BCUT2D eigenvalue weighted by molar-refractivity contribution is 9.10. The monoisotopic (exact) mass is 356 g/mol. The highest BCUT2D eigenvalue weighted by Gasteiger charge is 2.16. The molecule has 1 atom stereocenters. The molecule has 0 saturated heterocycles. The van der Waals surface area contributed by atoms with Gasteiger partial charge in [-0.3, -0.25) is 4.79 Å². The lowest BCUT2D eigenvalue weighted by atomic mass is 10.3. The molecule has 0 bridgehead atoms. The van der Waals surface area contributed by atoms with Crippen LogP contribution in [0.5, 0.6) is 0 Å². The summed E-state index contributed by atoms with van der Waals surface area (Å²) in [6.07, 6.45) is 0. The molecule has 1 aromatic carbocycles. The number of benzene rings is 1. The molecular weight excluding hydrogens is 344 g/mol. The summed E-state index contributed by atoms with van der Waals surface area (Å²) < 4.78 is 1.87. The van der Waals surface area contributed by atoms with Crippen LogP contribution in [0.15, 0.2) is 38.5 Å². The Bertz CT molecular complexity index is 586. The summed E-state index contributed by atoms with van der Waals surface area (Å²) in [5, 5.41) is 4.71. The Morgan fingerprint density at radius 1 is 1.53 bits per heavy atom. The van der Waals surface area contributed by atoms with Crippen molar-refractivity contribution in [2.24, 2.45) is 0 Å². The average Bonchev–Trinajstić information content (AvgIpc) is 2.74. The third kappa shape index (κ3) is 4.33. The van der Waals surface area contributed by atoms with E-state index in [1.807, 2.05) is 43.5 Å². The van der Waals surface area contributed by atoms with Crippen molar-refractivity contribution in [2.75, 3.05) is 5.32 Å². The number of hydrogen-bond donors (Lipinski definition) is 1. The molecule has 19 heavy (non-hydrogen) atoms. The molecule has 1 aromatic heterocycles. The minimum atomic E-state index is -0.176. The van der Waals surface area contributed by atoms with Crippen molar-refractivity contribution >= 4 is 50.6 Å². The number of nitrogens with zero attached hydrogens (tertiary/aromatic N) is 1. The zero-order valence-electron chi connectivity index (χ0n) is 10.5. The number of hydrogen-bond acceptors (Lipinski definition) is 4. The molecule has 0 aliphatic rings. The number of rotatable bonds is 4. The van der Waals surface area contributed by atoms with E-state index in [0.717, 1.165) is 20.2 Å². The first-order valence-corrected chi connectivity index (χ1v) is 8.25. The fraction of sp³-hybridized carbons (Fsp3) is 0.231. The quantitative estimate of drug-likeness (QED) is 0.828. The van der Waals surface area contributed by atoms with E-state index in [2.05, 4.69) is 26.2 Å². The number of aromatic nitrogens is 1. The second-order valence-electron chi connectivity index (χ2n) is 4.01. The molecule has 0 aliphatic heterocycles. The van der Waals surface area contributed by atoms with E-state index in [-0.39, 0.29) is 11.2 Å². The van der Waals surface area contributed by atoms with Crippen LogP contribution in [-0.4, -0.2) is 16.1 Å². The van der Waals surface area contributed by atoms with E-state index in [1.54, 1.807) is 11.3 Å². The number of carbonyl (C=O) groups excluding carboxylic acids is 1. The molecule has 0 aliphatic carbocycles. The first-order chi connectivity index (χ1) is 9.04. The summed E-state index contributed by atoms with van der Waals surface area (Å²) in [5.41, 5.74) is 1.79. The van der Waals surface area contributed by atoms with Crippen molar-refractivity contribution in [1.29, 1.82) is 0 Å². The summed E-state index contributed by atoms with van der Waals surface area (Å²) in [5.74, 6) is -0.0176. The van der Waals surface area contributed by atoms with Crippen LogP contribution in [0.2, 0.25) is 0 Å². The Hall–Kier alpha value is -0.850. The van der Waals surface area contributed by atoms with Gasteiger partial charge in [-0.25, -0.2) is 4.98 Å². The molecule has 2 aromatic rings. The molecule has 100 valence electrons. The Balaban J connectivity index is 1.96. The summed E-state index contributed by atoms with van der Waals surface area (Å²) >= 11 is 6.43. The lowest BCUT2D eigenvalue weighted by Crippen LogP contribution is -2.22. The maximum absolute atomic E-state index is 12.1. The van der Waals surface area contributed by atoms with Crippen LogP contribution in [0.3, 0.4) is 0 Å². The van der Waals surface area contributed by atoms with Crippen LogP contribution in [0.25, 0.3) is 0 Å². The lowest BCUT2D eigenvalue weighted by Gasteiger charge is -2.10. The number of thiazole rings is 1. The van der Waals surface area contributed by atoms with Gasteiger partial charge in [0, 0.05) is 21.2 Å². The van der Waals surface area contributed by atoms with Gasteiger partial charge in [-0.2, -0.15) is 0 Å². The van der Waals surface area contributed by atoms with Crippen LogP contribution in [0.4, 0.5) is 5.69 Å². The number of thioether (sulfide) groups is 1. The van der Waals surface area contributed by atoms with Crippen LogP contribution < -0.4 is 5.32 Å². The van der Waals surface area contributed by atoms with Crippen molar-refractivity contribution < 1.29 is 4.79 Å². The smallest absolute Gasteiger partial charge is 0.237 e. The first kappa shape index (κ1) is 14.6. The zero-order valence-corrected chi connectivity index (χ0v) is 13.7. The maximum atomic E-state index is 12.1. The number of carbonyl (C=O) groups is 1. The Morgan fingerprint density at radius 3 is 2.95 bits per heavy atom. The molecule has 1 heterocycles. The summed E-state index contributed by atoms with van der Waals surface area (Å²) in [4.78, 5) is 16.4. The third-order valence-corrected chi connectivity index (χ3v) is 5.02. The largest absolute Gasteiger partial charge is 0.325 e. The van der Waals surface area contributed by atoms with Gasteiger partial charge in [0.1, 0.15) is 0 Å². The number of halogens is 1. The van der Waals surface area contributed by atoms with Gasteiger partial charge >= 0.3 is 0 Å². The molecule has 0 spiro atoms. The van der Waals surface area contributed by atoms with Gasteiger partial charge in [0.15, 0.2) is 4.34 Å². The van der Waals surface area contributed by atoms with Gasteiger partial charge in [-0.1, -0.05) is 33.8 Å². The Morgan fingerprint density at radius 2 is 2.32 bits per heavy atom. The van der Waals surface area contributed by atoms with Crippen molar-refractivity contribution in [3.05, 3.63) is 39.8 Å². The van der Waals surface area contributed by atoms with E-state index < -0.39 is 0 Å². The van der Waals surface area contributed by atoms with E-state index >= 15 is 0 Å². The topological polar surface area (TPSA) is 42.0 Å². The fourth-order valence-corrected chi connectivity index (χ4v) is 3.79. The SMILES string of the molecule is Cc1csc(S[C@H](C)C(=O)Nc2cccc(Br)c2)n1. The Kier molecular flexibility index (Phi) is 5.01. The van der Waals surface area contributed by atoms with Gasteiger partial charge in [0.05, 0.1) is 5.25 Å². The van der Waals surface area contributed by atoms with Gasteiger partial charge < -0.3 is 5.32 Å². The summed E-state index contributed by atoms with van der Waals surface area (Å²) in [7, 11) is 0. The van der Waals surface area contributed by atoms with Gasteiger partial charge in [0.25, 0.3) is 0 Å². The van der Waals surface area contributed by atoms with E-state index in [0.29, 0.717) is 0 Å². The lowest BCUT2D eigenvalue weighted by molar-refractivity contribution is -0.115. The summed E-state index contributed by atoms with van der Waals surface area (Å²) in [6.45, 7) is 3.83. The molecule has 3 nitrogen and oxygen atoms in total. The average molecular weight is 357 g/mol. The van der Waals surface area contributed by atoms with Crippen LogP contribution >= 0.6 is 39.0 Å². The molecule has 1 N–H and O–H groups in total. The van der Waals surface area contributed by atoms with Gasteiger partial charge in [0.2, 0.25) is 5.91 Å². The van der Waals surface area contributed by atoms with Crippen molar-refractivity contribution in [1.82, 2.24) is 4.98 Å².